The highest BCUT2D eigenvalue weighted by Gasteiger charge is 2.14. The number of hydrogen-bond acceptors (Lipinski definition) is 5. The highest BCUT2D eigenvalue weighted by atomic mass is 17.2. The summed E-state index contributed by atoms with van der Waals surface area (Å²) in [5.41, 5.74) is 0.196. The fourth-order valence-electron chi connectivity index (χ4n) is 0.955. The highest BCUT2D eigenvalue weighted by molar-refractivity contribution is 5.92. The summed E-state index contributed by atoms with van der Waals surface area (Å²) in [4.78, 5) is 30.1. The molecule has 0 fully saturated rings. The molecule has 0 saturated heterocycles. The van der Waals surface area contributed by atoms with Gasteiger partial charge >= 0.3 is 11.9 Å². The van der Waals surface area contributed by atoms with Crippen LogP contribution in [0.3, 0.4) is 0 Å². The van der Waals surface area contributed by atoms with Gasteiger partial charge in [0.1, 0.15) is 11.3 Å². The molecule has 0 atom stereocenters. The quantitative estimate of drug-likeness (QED) is 0.544. The summed E-state index contributed by atoms with van der Waals surface area (Å²) in [6, 6.07) is 6.46. The zero-order valence-electron chi connectivity index (χ0n) is 8.35. The van der Waals surface area contributed by atoms with Crippen LogP contribution in [0.5, 0.6) is 5.75 Å². The van der Waals surface area contributed by atoms with Crippen molar-refractivity contribution in [3.8, 4) is 5.75 Å². The number of hydrogen-bond donors (Lipinski definition) is 0. The molecule has 0 aliphatic carbocycles. The predicted octanol–water partition coefficient (Wildman–Crippen LogP) is 1.33. The first-order valence-electron chi connectivity index (χ1n) is 4.17. The van der Waals surface area contributed by atoms with E-state index in [1.54, 1.807) is 18.2 Å². The van der Waals surface area contributed by atoms with Crippen molar-refractivity contribution in [2.75, 3.05) is 7.11 Å². The third kappa shape index (κ3) is 2.98. The Balaban J connectivity index is 2.77. The number of rotatable bonds is 2. The first kappa shape index (κ1) is 11.0. The van der Waals surface area contributed by atoms with Crippen LogP contribution in [0.4, 0.5) is 0 Å². The molecule has 15 heavy (non-hydrogen) atoms. The second-order valence-electron chi connectivity index (χ2n) is 2.65. The summed E-state index contributed by atoms with van der Waals surface area (Å²) in [7, 11) is 1.43. The number of ether oxygens (including phenoxy) is 1. The molecule has 0 aliphatic rings. The van der Waals surface area contributed by atoms with Gasteiger partial charge in [-0.25, -0.2) is 19.4 Å². The minimum atomic E-state index is -0.775. The van der Waals surface area contributed by atoms with Crippen molar-refractivity contribution in [2.24, 2.45) is 0 Å². The Morgan fingerprint density at radius 2 is 1.80 bits per heavy atom. The summed E-state index contributed by atoms with van der Waals surface area (Å²) in [6.45, 7) is 1.13. The van der Waals surface area contributed by atoms with E-state index in [9.17, 15) is 9.59 Å². The van der Waals surface area contributed by atoms with Gasteiger partial charge in [0.05, 0.1) is 7.11 Å². The van der Waals surface area contributed by atoms with E-state index in [1.165, 1.54) is 13.2 Å². The van der Waals surface area contributed by atoms with Crippen LogP contribution in [0.15, 0.2) is 24.3 Å². The maximum Gasteiger partial charge on any atom is 0.390 e. The van der Waals surface area contributed by atoms with Gasteiger partial charge in [-0.05, 0) is 12.1 Å². The Labute approximate surface area is 86.5 Å². The lowest BCUT2D eigenvalue weighted by Gasteiger charge is -2.05. The van der Waals surface area contributed by atoms with Gasteiger partial charge in [0.15, 0.2) is 0 Å². The molecule has 0 bridgehead atoms. The van der Waals surface area contributed by atoms with Crippen molar-refractivity contribution in [3.05, 3.63) is 29.8 Å². The van der Waals surface area contributed by atoms with Crippen molar-refractivity contribution in [3.63, 3.8) is 0 Å². The average molecular weight is 210 g/mol. The van der Waals surface area contributed by atoms with Gasteiger partial charge in [-0.15, -0.1) is 0 Å². The van der Waals surface area contributed by atoms with E-state index in [2.05, 4.69) is 9.78 Å². The molecule has 80 valence electrons. The van der Waals surface area contributed by atoms with Gasteiger partial charge in [-0.2, -0.15) is 0 Å². The van der Waals surface area contributed by atoms with Crippen molar-refractivity contribution >= 4 is 11.9 Å². The Hall–Kier alpha value is -2.04. The summed E-state index contributed by atoms with van der Waals surface area (Å²) in [5, 5.41) is 0. The minimum Gasteiger partial charge on any atom is -0.496 e. The van der Waals surface area contributed by atoms with Crippen molar-refractivity contribution in [1.82, 2.24) is 0 Å². The van der Waals surface area contributed by atoms with Gasteiger partial charge in [0.2, 0.25) is 0 Å². The van der Waals surface area contributed by atoms with Crippen LogP contribution in [-0.4, -0.2) is 19.0 Å². The number of carbonyl (C=O) groups is 2. The smallest absolute Gasteiger partial charge is 0.390 e. The molecule has 1 aromatic rings. The summed E-state index contributed by atoms with van der Waals surface area (Å²) < 4.78 is 4.93. The van der Waals surface area contributed by atoms with E-state index in [1.807, 2.05) is 0 Å². The van der Waals surface area contributed by atoms with Crippen LogP contribution >= 0.6 is 0 Å². The highest BCUT2D eigenvalue weighted by Crippen LogP contribution is 2.18. The number of methoxy groups -OCH3 is 1. The predicted molar refractivity (Wildman–Crippen MR) is 50.2 cm³/mol. The molecule has 0 amide bonds. The Kier molecular flexibility index (Phi) is 3.68. The zero-order chi connectivity index (χ0) is 11.3. The lowest BCUT2D eigenvalue weighted by Crippen LogP contribution is -2.10. The molecule has 5 nitrogen and oxygen atoms in total. The maximum absolute atomic E-state index is 11.3. The maximum atomic E-state index is 11.3. The van der Waals surface area contributed by atoms with Crippen LogP contribution in [0.2, 0.25) is 0 Å². The standard InChI is InChI=1S/C10H10O5/c1-7(11)14-15-10(12)8-5-3-4-6-9(8)13-2/h3-6H,1-2H3. The molecule has 0 unspecified atom stereocenters. The van der Waals surface area contributed by atoms with Gasteiger partial charge in [-0.1, -0.05) is 12.1 Å². The van der Waals surface area contributed by atoms with Gasteiger partial charge in [0.25, 0.3) is 0 Å². The third-order valence-corrected chi connectivity index (χ3v) is 1.56. The molecule has 0 N–H and O–H groups in total. The molecule has 0 aliphatic heterocycles. The van der Waals surface area contributed by atoms with Gasteiger partial charge in [-0.3, -0.25) is 0 Å². The topological polar surface area (TPSA) is 61.8 Å². The molecule has 5 heteroatoms. The molecule has 0 aromatic heterocycles. The Bertz CT molecular complexity index is 372. The monoisotopic (exact) mass is 210 g/mol. The summed E-state index contributed by atoms with van der Waals surface area (Å²) in [5.74, 6) is -1.12. The first-order chi connectivity index (χ1) is 7.15. The second kappa shape index (κ2) is 4.99. The minimum absolute atomic E-state index is 0.196. The summed E-state index contributed by atoms with van der Waals surface area (Å²) in [6.07, 6.45) is 0. The van der Waals surface area contributed by atoms with E-state index in [0.717, 1.165) is 6.92 Å². The molecular formula is C10H10O5. The molecule has 0 radical (unpaired) electrons. The zero-order valence-corrected chi connectivity index (χ0v) is 8.35. The Morgan fingerprint density at radius 1 is 1.13 bits per heavy atom. The van der Waals surface area contributed by atoms with E-state index in [-0.39, 0.29) is 5.56 Å². The first-order valence-corrected chi connectivity index (χ1v) is 4.17. The van der Waals surface area contributed by atoms with E-state index >= 15 is 0 Å². The van der Waals surface area contributed by atoms with E-state index in [4.69, 9.17) is 4.74 Å². The van der Waals surface area contributed by atoms with E-state index in [0.29, 0.717) is 5.75 Å². The normalized spacial score (nSPS) is 9.20. The SMILES string of the molecule is COc1ccccc1C(=O)OOC(C)=O. The summed E-state index contributed by atoms with van der Waals surface area (Å²) >= 11 is 0. The molecule has 1 aromatic carbocycles. The second-order valence-corrected chi connectivity index (χ2v) is 2.65. The number of para-hydroxylation sites is 1. The molecule has 0 spiro atoms. The van der Waals surface area contributed by atoms with Crippen LogP contribution in [0.25, 0.3) is 0 Å². The number of benzene rings is 1. The largest absolute Gasteiger partial charge is 0.496 e. The lowest BCUT2D eigenvalue weighted by atomic mass is 10.2. The molecule has 1 rings (SSSR count). The van der Waals surface area contributed by atoms with Gasteiger partial charge in [0, 0.05) is 6.92 Å². The molecular weight excluding hydrogens is 200 g/mol. The van der Waals surface area contributed by atoms with Crippen molar-refractivity contribution < 1.29 is 24.1 Å². The lowest BCUT2D eigenvalue weighted by molar-refractivity contribution is -0.231. The van der Waals surface area contributed by atoms with E-state index < -0.39 is 11.9 Å². The Morgan fingerprint density at radius 3 is 2.40 bits per heavy atom. The fraction of sp³-hybridized carbons (Fsp3) is 0.200. The van der Waals surface area contributed by atoms with Crippen molar-refractivity contribution in [2.45, 2.75) is 6.92 Å². The molecule has 0 heterocycles. The van der Waals surface area contributed by atoms with Crippen LogP contribution in [0.1, 0.15) is 17.3 Å². The van der Waals surface area contributed by atoms with Crippen LogP contribution in [-0.2, 0) is 14.6 Å². The van der Waals surface area contributed by atoms with Crippen molar-refractivity contribution in [1.29, 1.82) is 0 Å². The average Bonchev–Trinajstić information content (AvgIpc) is 2.25. The van der Waals surface area contributed by atoms with Gasteiger partial charge < -0.3 is 4.74 Å². The fourth-order valence-corrected chi connectivity index (χ4v) is 0.955. The molecule has 0 saturated carbocycles. The number of carbonyl (C=O) groups excluding carboxylic acids is 2. The van der Waals surface area contributed by atoms with Crippen LogP contribution < -0.4 is 4.74 Å². The third-order valence-electron chi connectivity index (χ3n) is 1.56. The van der Waals surface area contributed by atoms with Crippen LogP contribution in [0, 0.1) is 0 Å².